The number of hydrogen-bond donors (Lipinski definition) is 0. The summed E-state index contributed by atoms with van der Waals surface area (Å²) in [5.41, 5.74) is 0. The predicted molar refractivity (Wildman–Crippen MR) is 33.3 cm³/mol. The van der Waals surface area contributed by atoms with Gasteiger partial charge in [-0.1, -0.05) is 20.8 Å². The Hall–Kier alpha value is 0.350. The largest absolute Gasteiger partial charge is 0.159 e. The summed E-state index contributed by atoms with van der Waals surface area (Å²) in [7, 11) is 0. The topological polar surface area (TPSA) is 0 Å². The lowest BCUT2D eigenvalue weighted by molar-refractivity contribution is 1.11. The predicted octanol–water partition coefficient (Wildman–Crippen LogP) is 2.15. The molecule has 0 aliphatic carbocycles. The molecule has 0 N–H and O–H groups in total. The van der Waals surface area contributed by atoms with Crippen LogP contribution in [0.1, 0.15) is 20.8 Å². The average Bonchev–Trinajstić information content (AvgIpc) is 1.35. The fourth-order valence-corrected chi connectivity index (χ4v) is 1.00. The zero-order chi connectivity index (χ0) is 4.99. The fraction of sp³-hybridized carbons (Fsp3) is 1.00. The van der Waals surface area contributed by atoms with E-state index in [0.29, 0.717) is 0 Å². The molecule has 0 aromatic rings. The highest BCUT2D eigenvalue weighted by molar-refractivity contribution is 7.99. The van der Waals surface area contributed by atoms with Crippen LogP contribution in [-0.2, 0) is 0 Å². The standard InChI is InChI=1S/C5H12S/c1-4-6-5(2)3/h5H,4H2,1-3H3. The van der Waals surface area contributed by atoms with E-state index in [1.807, 2.05) is 11.8 Å². The van der Waals surface area contributed by atoms with Gasteiger partial charge < -0.3 is 0 Å². The molecule has 0 aliphatic heterocycles. The third kappa shape index (κ3) is 4.35. The highest BCUT2D eigenvalue weighted by Gasteiger charge is 1.85. The van der Waals surface area contributed by atoms with Crippen molar-refractivity contribution < 1.29 is 0 Å². The molecule has 0 nitrogen and oxygen atoms in total. The van der Waals surface area contributed by atoms with E-state index in [2.05, 4.69) is 20.8 Å². The van der Waals surface area contributed by atoms with Gasteiger partial charge in [0.25, 0.3) is 0 Å². The van der Waals surface area contributed by atoms with Gasteiger partial charge in [0.05, 0.1) is 0 Å². The van der Waals surface area contributed by atoms with Crippen molar-refractivity contribution in [3.63, 3.8) is 0 Å². The maximum atomic E-state index is 2.22. The van der Waals surface area contributed by atoms with Gasteiger partial charge in [-0.2, -0.15) is 11.8 Å². The van der Waals surface area contributed by atoms with Gasteiger partial charge in [-0.05, 0) is 11.0 Å². The summed E-state index contributed by atoms with van der Waals surface area (Å²) in [5, 5.41) is 0.815. The Morgan fingerprint density at radius 1 is 1.50 bits per heavy atom. The van der Waals surface area contributed by atoms with Crippen LogP contribution in [-0.4, -0.2) is 11.0 Å². The fourth-order valence-electron chi connectivity index (χ4n) is 0.333. The molecule has 0 atom stereocenters. The van der Waals surface area contributed by atoms with Gasteiger partial charge in [-0.15, -0.1) is 0 Å². The first-order valence-electron chi connectivity index (χ1n) is 2.39. The minimum Gasteiger partial charge on any atom is -0.159 e. The van der Waals surface area contributed by atoms with Crippen molar-refractivity contribution in [1.29, 1.82) is 0 Å². The zero-order valence-corrected chi connectivity index (χ0v) is 5.51. The van der Waals surface area contributed by atoms with Crippen molar-refractivity contribution in [3.05, 3.63) is 0 Å². The Bertz CT molecular complexity index is 25.1. The first-order chi connectivity index (χ1) is 2.77. The SMILES string of the molecule is CCSC(C)C. The van der Waals surface area contributed by atoms with E-state index in [4.69, 9.17) is 0 Å². The Balaban J connectivity index is 2.63. The number of thioether (sulfide) groups is 1. The first kappa shape index (κ1) is 6.35. The van der Waals surface area contributed by atoms with Crippen LogP contribution in [0.15, 0.2) is 0 Å². The summed E-state index contributed by atoms with van der Waals surface area (Å²) in [5.74, 6) is 1.25. The molecule has 0 aromatic carbocycles. The summed E-state index contributed by atoms with van der Waals surface area (Å²) in [6, 6.07) is 0. The van der Waals surface area contributed by atoms with Gasteiger partial charge in [0.15, 0.2) is 0 Å². The molecule has 0 unspecified atom stereocenters. The molecule has 0 aromatic heterocycles. The average molecular weight is 104 g/mol. The molecule has 0 amide bonds. The molecule has 0 radical (unpaired) electrons. The molecular weight excluding hydrogens is 92.1 g/mol. The van der Waals surface area contributed by atoms with Gasteiger partial charge in [-0.25, -0.2) is 0 Å². The van der Waals surface area contributed by atoms with Crippen molar-refractivity contribution >= 4 is 11.8 Å². The molecule has 0 fully saturated rings. The second-order valence-corrected chi connectivity index (χ2v) is 3.36. The molecule has 0 aliphatic rings. The van der Waals surface area contributed by atoms with Crippen LogP contribution in [0.25, 0.3) is 0 Å². The van der Waals surface area contributed by atoms with E-state index in [0.717, 1.165) is 5.25 Å². The van der Waals surface area contributed by atoms with Crippen molar-refractivity contribution in [2.45, 2.75) is 26.0 Å². The number of hydrogen-bond acceptors (Lipinski definition) is 1. The van der Waals surface area contributed by atoms with Gasteiger partial charge in [0.1, 0.15) is 0 Å². The molecule has 0 saturated heterocycles. The zero-order valence-electron chi connectivity index (χ0n) is 4.69. The first-order valence-corrected chi connectivity index (χ1v) is 3.43. The lowest BCUT2D eigenvalue weighted by Crippen LogP contribution is -1.84. The molecule has 6 heavy (non-hydrogen) atoms. The second-order valence-electron chi connectivity index (χ2n) is 1.50. The third-order valence-corrected chi connectivity index (χ3v) is 1.50. The van der Waals surface area contributed by atoms with E-state index in [1.165, 1.54) is 5.75 Å². The maximum absolute atomic E-state index is 2.22. The Morgan fingerprint density at radius 3 is 2.00 bits per heavy atom. The van der Waals surface area contributed by atoms with Gasteiger partial charge in [-0.3, -0.25) is 0 Å². The summed E-state index contributed by atoms with van der Waals surface area (Å²) >= 11 is 1.99. The summed E-state index contributed by atoms with van der Waals surface area (Å²) in [4.78, 5) is 0. The van der Waals surface area contributed by atoms with E-state index >= 15 is 0 Å². The van der Waals surface area contributed by atoms with Crippen molar-refractivity contribution in [1.82, 2.24) is 0 Å². The van der Waals surface area contributed by atoms with Crippen LogP contribution in [0.4, 0.5) is 0 Å². The second kappa shape index (κ2) is 3.54. The Labute approximate surface area is 44.3 Å². The summed E-state index contributed by atoms with van der Waals surface area (Å²) in [6.07, 6.45) is 0. The molecule has 38 valence electrons. The van der Waals surface area contributed by atoms with E-state index in [-0.39, 0.29) is 0 Å². The third-order valence-electron chi connectivity index (χ3n) is 0.500. The van der Waals surface area contributed by atoms with Gasteiger partial charge in [0.2, 0.25) is 0 Å². The highest BCUT2D eigenvalue weighted by Crippen LogP contribution is 2.05. The van der Waals surface area contributed by atoms with Crippen LogP contribution >= 0.6 is 11.8 Å². The van der Waals surface area contributed by atoms with Crippen molar-refractivity contribution in [2.24, 2.45) is 0 Å². The molecule has 0 heterocycles. The van der Waals surface area contributed by atoms with Gasteiger partial charge in [0, 0.05) is 0 Å². The Kier molecular flexibility index (Phi) is 3.74. The molecule has 0 bridgehead atoms. The van der Waals surface area contributed by atoms with Crippen molar-refractivity contribution in [3.8, 4) is 0 Å². The molecular formula is C5H12S. The van der Waals surface area contributed by atoms with E-state index in [9.17, 15) is 0 Å². The van der Waals surface area contributed by atoms with Crippen LogP contribution in [0, 0.1) is 0 Å². The monoisotopic (exact) mass is 104 g/mol. The van der Waals surface area contributed by atoms with Crippen LogP contribution in [0.3, 0.4) is 0 Å². The smallest absolute Gasteiger partial charge is 0.000979 e. The van der Waals surface area contributed by atoms with Crippen LogP contribution in [0.2, 0.25) is 0 Å². The maximum Gasteiger partial charge on any atom is -0.000979 e. The van der Waals surface area contributed by atoms with E-state index < -0.39 is 0 Å². The lowest BCUT2D eigenvalue weighted by Gasteiger charge is -1.96. The van der Waals surface area contributed by atoms with Crippen molar-refractivity contribution in [2.75, 3.05) is 5.75 Å². The van der Waals surface area contributed by atoms with E-state index in [1.54, 1.807) is 0 Å². The Morgan fingerprint density at radius 2 is 2.00 bits per heavy atom. The minimum absolute atomic E-state index is 0.815. The lowest BCUT2D eigenvalue weighted by atomic mass is 10.6. The van der Waals surface area contributed by atoms with Crippen LogP contribution in [0.5, 0.6) is 0 Å². The molecule has 0 spiro atoms. The minimum atomic E-state index is 0.815. The molecule has 0 rings (SSSR count). The molecule has 0 saturated carbocycles. The highest BCUT2D eigenvalue weighted by atomic mass is 32.2. The molecule has 1 heteroatoms. The quantitative estimate of drug-likeness (QED) is 0.517. The van der Waals surface area contributed by atoms with Gasteiger partial charge >= 0.3 is 0 Å². The normalized spacial score (nSPS) is 10.0. The van der Waals surface area contributed by atoms with Crippen LogP contribution < -0.4 is 0 Å². The summed E-state index contributed by atoms with van der Waals surface area (Å²) < 4.78 is 0. The number of rotatable bonds is 2. The summed E-state index contributed by atoms with van der Waals surface area (Å²) in [6.45, 7) is 6.62.